The Morgan fingerprint density at radius 3 is 2.63 bits per heavy atom. The number of hydrogen-bond donors (Lipinski definition) is 1. The highest BCUT2D eigenvalue weighted by molar-refractivity contribution is 5.82. The molecule has 1 aromatic carbocycles. The van der Waals surface area contributed by atoms with Crippen LogP contribution >= 0.6 is 0 Å². The molecule has 3 nitrogen and oxygen atoms in total. The molecular weight excluding hydrogens is 238 g/mol. The van der Waals surface area contributed by atoms with Crippen molar-refractivity contribution in [3.05, 3.63) is 47.5 Å². The number of nitrogens with one attached hydrogen (secondary N) is 1. The van der Waals surface area contributed by atoms with E-state index in [-0.39, 0.29) is 5.97 Å². The zero-order valence-corrected chi connectivity index (χ0v) is 11.8. The van der Waals surface area contributed by atoms with E-state index in [0.29, 0.717) is 6.61 Å². The monoisotopic (exact) mass is 261 g/mol. The molecular formula is C16H23NO2. The van der Waals surface area contributed by atoms with E-state index >= 15 is 0 Å². The van der Waals surface area contributed by atoms with Gasteiger partial charge in [-0.1, -0.05) is 35.9 Å². The van der Waals surface area contributed by atoms with Crippen molar-refractivity contribution >= 4 is 5.97 Å². The van der Waals surface area contributed by atoms with Crippen LogP contribution in [0, 0.1) is 0 Å². The molecule has 0 aliphatic heterocycles. The Hall–Kier alpha value is -1.61. The molecule has 0 heterocycles. The van der Waals surface area contributed by atoms with Crippen molar-refractivity contribution in [3.8, 4) is 0 Å². The highest BCUT2D eigenvalue weighted by Gasteiger charge is 1.97. The topological polar surface area (TPSA) is 38.3 Å². The zero-order valence-electron chi connectivity index (χ0n) is 11.8. The maximum Gasteiger partial charge on any atom is 0.330 e. The van der Waals surface area contributed by atoms with Crippen LogP contribution in [0.25, 0.3) is 0 Å². The van der Waals surface area contributed by atoms with Gasteiger partial charge >= 0.3 is 5.97 Å². The van der Waals surface area contributed by atoms with Crippen LogP contribution in [0.15, 0.2) is 42.0 Å². The maximum atomic E-state index is 11.2. The predicted octanol–water partition coefficient (Wildman–Crippen LogP) is 2.72. The third-order valence-electron chi connectivity index (χ3n) is 2.58. The molecule has 0 aliphatic carbocycles. The first-order chi connectivity index (χ1) is 9.18. The van der Waals surface area contributed by atoms with Crippen LogP contribution in [0.5, 0.6) is 0 Å². The third-order valence-corrected chi connectivity index (χ3v) is 2.58. The Morgan fingerprint density at radius 2 is 1.95 bits per heavy atom. The molecule has 0 fully saturated rings. The highest BCUT2D eigenvalue weighted by Crippen LogP contribution is 1.98. The van der Waals surface area contributed by atoms with Crippen LogP contribution in [-0.4, -0.2) is 25.7 Å². The first-order valence-electron chi connectivity index (χ1n) is 6.75. The molecule has 0 atom stereocenters. The Kier molecular flexibility index (Phi) is 7.59. The second-order valence-electron chi connectivity index (χ2n) is 4.73. The minimum Gasteiger partial charge on any atom is -0.462 e. The van der Waals surface area contributed by atoms with Gasteiger partial charge in [-0.3, -0.25) is 0 Å². The van der Waals surface area contributed by atoms with Crippen molar-refractivity contribution in [1.82, 2.24) is 5.32 Å². The number of esters is 1. The standard InChI is InChI=1S/C16H23NO2/c1-14(2)13-16(18)19-12-6-10-17-11-9-15-7-4-3-5-8-15/h3-5,7-8,13,17H,6,9-12H2,1-2H3. The van der Waals surface area contributed by atoms with Crippen molar-refractivity contribution in [2.75, 3.05) is 19.7 Å². The minimum atomic E-state index is -0.246. The fourth-order valence-electron chi connectivity index (χ4n) is 1.65. The van der Waals surface area contributed by atoms with Gasteiger partial charge in [0.25, 0.3) is 0 Å². The van der Waals surface area contributed by atoms with Gasteiger partial charge in [0.1, 0.15) is 0 Å². The van der Waals surface area contributed by atoms with Gasteiger partial charge in [-0.25, -0.2) is 4.79 Å². The number of carbonyl (C=O) groups is 1. The van der Waals surface area contributed by atoms with Crippen molar-refractivity contribution in [2.45, 2.75) is 26.7 Å². The van der Waals surface area contributed by atoms with Crippen molar-refractivity contribution in [1.29, 1.82) is 0 Å². The molecule has 0 spiro atoms. The van der Waals surface area contributed by atoms with Crippen LogP contribution in [-0.2, 0) is 16.0 Å². The molecule has 1 N–H and O–H groups in total. The first-order valence-corrected chi connectivity index (χ1v) is 6.75. The van der Waals surface area contributed by atoms with Crippen molar-refractivity contribution < 1.29 is 9.53 Å². The number of allylic oxidation sites excluding steroid dienone is 1. The van der Waals surface area contributed by atoms with E-state index in [1.165, 1.54) is 11.6 Å². The van der Waals surface area contributed by atoms with Crippen LogP contribution in [0.3, 0.4) is 0 Å². The Bertz CT molecular complexity index is 394. The molecule has 0 radical (unpaired) electrons. The van der Waals surface area contributed by atoms with Gasteiger partial charge in [0, 0.05) is 6.08 Å². The largest absolute Gasteiger partial charge is 0.462 e. The smallest absolute Gasteiger partial charge is 0.330 e. The first kappa shape index (κ1) is 15.4. The molecule has 0 aromatic heterocycles. The average Bonchev–Trinajstić information content (AvgIpc) is 2.38. The molecule has 0 saturated carbocycles. The predicted molar refractivity (Wildman–Crippen MR) is 78.0 cm³/mol. The normalized spacial score (nSPS) is 10.0. The number of carbonyl (C=O) groups excluding carboxylic acids is 1. The summed E-state index contributed by atoms with van der Waals surface area (Å²) in [6.07, 6.45) is 3.39. The molecule has 0 saturated heterocycles. The fourth-order valence-corrected chi connectivity index (χ4v) is 1.65. The fraction of sp³-hybridized carbons (Fsp3) is 0.438. The van der Waals surface area contributed by atoms with E-state index < -0.39 is 0 Å². The summed E-state index contributed by atoms with van der Waals surface area (Å²) in [6.45, 7) is 6.06. The van der Waals surface area contributed by atoms with Gasteiger partial charge in [0.15, 0.2) is 0 Å². The lowest BCUT2D eigenvalue weighted by Crippen LogP contribution is -2.20. The van der Waals surface area contributed by atoms with E-state index in [4.69, 9.17) is 4.74 Å². The van der Waals surface area contributed by atoms with E-state index in [0.717, 1.165) is 31.5 Å². The van der Waals surface area contributed by atoms with Crippen molar-refractivity contribution in [2.24, 2.45) is 0 Å². The summed E-state index contributed by atoms with van der Waals surface area (Å²) in [5, 5.41) is 3.34. The lowest BCUT2D eigenvalue weighted by molar-refractivity contribution is -0.137. The summed E-state index contributed by atoms with van der Waals surface area (Å²) in [6, 6.07) is 10.4. The van der Waals surface area contributed by atoms with Crippen molar-refractivity contribution in [3.63, 3.8) is 0 Å². The van der Waals surface area contributed by atoms with Crippen LogP contribution in [0.1, 0.15) is 25.8 Å². The quantitative estimate of drug-likeness (QED) is 0.444. The van der Waals surface area contributed by atoms with E-state index in [2.05, 4.69) is 29.6 Å². The molecule has 3 heteroatoms. The SMILES string of the molecule is CC(C)=CC(=O)OCCCNCCc1ccccc1. The molecule has 0 unspecified atom stereocenters. The Labute approximate surface area is 115 Å². The number of hydrogen-bond acceptors (Lipinski definition) is 3. The van der Waals surface area contributed by atoms with E-state index in [9.17, 15) is 4.79 Å². The van der Waals surface area contributed by atoms with Gasteiger partial charge in [0.2, 0.25) is 0 Å². The maximum absolute atomic E-state index is 11.2. The molecule has 0 bridgehead atoms. The number of benzene rings is 1. The second-order valence-corrected chi connectivity index (χ2v) is 4.73. The molecule has 19 heavy (non-hydrogen) atoms. The summed E-state index contributed by atoms with van der Waals surface area (Å²) in [5.74, 6) is -0.246. The Morgan fingerprint density at radius 1 is 1.21 bits per heavy atom. The van der Waals surface area contributed by atoms with Crippen LogP contribution in [0.4, 0.5) is 0 Å². The second kappa shape index (κ2) is 9.34. The number of rotatable bonds is 8. The average molecular weight is 261 g/mol. The van der Waals surface area contributed by atoms with Crippen LogP contribution in [0.2, 0.25) is 0 Å². The zero-order chi connectivity index (χ0) is 13.9. The minimum absolute atomic E-state index is 0.246. The summed E-state index contributed by atoms with van der Waals surface area (Å²) < 4.78 is 5.06. The summed E-state index contributed by atoms with van der Waals surface area (Å²) in [5.41, 5.74) is 2.30. The van der Waals surface area contributed by atoms with Gasteiger partial charge in [-0.15, -0.1) is 0 Å². The summed E-state index contributed by atoms with van der Waals surface area (Å²) in [7, 11) is 0. The van der Waals surface area contributed by atoms with Gasteiger partial charge < -0.3 is 10.1 Å². The molecule has 1 aromatic rings. The highest BCUT2D eigenvalue weighted by atomic mass is 16.5. The molecule has 1 rings (SSSR count). The summed E-state index contributed by atoms with van der Waals surface area (Å²) >= 11 is 0. The molecule has 0 amide bonds. The number of ether oxygens (including phenoxy) is 1. The lowest BCUT2D eigenvalue weighted by Gasteiger charge is -2.05. The molecule has 0 aliphatic rings. The molecule has 104 valence electrons. The lowest BCUT2D eigenvalue weighted by atomic mass is 10.1. The van der Waals surface area contributed by atoms with E-state index in [1.807, 2.05) is 19.9 Å². The van der Waals surface area contributed by atoms with Gasteiger partial charge in [-0.2, -0.15) is 0 Å². The third kappa shape index (κ3) is 8.16. The van der Waals surface area contributed by atoms with Gasteiger partial charge in [-0.05, 0) is 45.3 Å². The van der Waals surface area contributed by atoms with Crippen LogP contribution < -0.4 is 5.32 Å². The van der Waals surface area contributed by atoms with E-state index in [1.54, 1.807) is 0 Å². The Balaban J connectivity index is 1.97. The summed E-state index contributed by atoms with van der Waals surface area (Å²) in [4.78, 5) is 11.2. The van der Waals surface area contributed by atoms with Gasteiger partial charge in [0.05, 0.1) is 6.61 Å².